The fourth-order valence-corrected chi connectivity index (χ4v) is 2.14. The molecule has 106 valence electrons. The van der Waals surface area contributed by atoms with Gasteiger partial charge in [-0.3, -0.25) is 0 Å². The van der Waals surface area contributed by atoms with Gasteiger partial charge >= 0.3 is 0 Å². The third-order valence-electron chi connectivity index (χ3n) is 2.44. The van der Waals surface area contributed by atoms with Crippen molar-refractivity contribution >= 4 is 17.8 Å². The van der Waals surface area contributed by atoms with Crippen LogP contribution in [0, 0.1) is 0 Å². The average Bonchev–Trinajstić information content (AvgIpc) is 2.94. The average molecular weight is 290 g/mol. The van der Waals surface area contributed by atoms with E-state index in [4.69, 9.17) is 9.15 Å². The van der Waals surface area contributed by atoms with E-state index in [2.05, 4.69) is 17.1 Å². The van der Waals surface area contributed by atoms with E-state index >= 15 is 0 Å². The van der Waals surface area contributed by atoms with Crippen LogP contribution in [0.25, 0.3) is 6.08 Å². The first-order valence-electron chi connectivity index (χ1n) is 6.63. The number of nitrogens with zero attached hydrogens (tertiary/aromatic N) is 2. The van der Waals surface area contributed by atoms with Gasteiger partial charge in [0, 0.05) is 5.75 Å². The predicted molar refractivity (Wildman–Crippen MR) is 81.7 cm³/mol. The van der Waals surface area contributed by atoms with Crippen LogP contribution in [0.1, 0.15) is 25.1 Å². The van der Waals surface area contributed by atoms with Gasteiger partial charge in [-0.15, -0.1) is 22.0 Å². The van der Waals surface area contributed by atoms with E-state index in [9.17, 15) is 0 Å². The maximum Gasteiger partial charge on any atom is 0.240 e. The fourth-order valence-electron chi connectivity index (χ4n) is 1.51. The largest absolute Gasteiger partial charge is 0.493 e. The Hall–Kier alpha value is -1.75. The van der Waals surface area contributed by atoms with E-state index in [0.29, 0.717) is 24.1 Å². The molecule has 0 aliphatic carbocycles. The minimum absolute atomic E-state index is 0.572. The van der Waals surface area contributed by atoms with E-state index in [0.717, 1.165) is 17.9 Å². The number of ether oxygens (including phenoxy) is 1. The third-order valence-corrected chi connectivity index (χ3v) is 3.35. The lowest BCUT2D eigenvalue weighted by Gasteiger charge is -2.04. The number of thioether (sulfide) groups is 1. The van der Waals surface area contributed by atoms with Gasteiger partial charge in [0.25, 0.3) is 0 Å². The minimum atomic E-state index is 0.572. The zero-order chi connectivity index (χ0) is 14.0. The standard InChI is InChI=1S/C15H18N2O2S/c1-2-3-9-14-16-17-15(19-14)12-20-11-10-18-13-7-5-4-6-8-13/h3-9H,2,10-12H2,1H3/b9-3+. The Kier molecular flexibility index (Phi) is 6.17. The first-order chi connectivity index (χ1) is 9.88. The number of allylic oxidation sites excluding steroid dienone is 1. The monoisotopic (exact) mass is 290 g/mol. The molecule has 0 aliphatic heterocycles. The van der Waals surface area contributed by atoms with Gasteiger partial charge in [0.1, 0.15) is 5.75 Å². The van der Waals surface area contributed by atoms with Crippen molar-refractivity contribution in [2.45, 2.75) is 19.1 Å². The molecule has 0 unspecified atom stereocenters. The lowest BCUT2D eigenvalue weighted by molar-refractivity contribution is 0.344. The van der Waals surface area contributed by atoms with Crippen LogP contribution in [-0.2, 0) is 5.75 Å². The highest BCUT2D eigenvalue weighted by Crippen LogP contribution is 2.13. The topological polar surface area (TPSA) is 48.2 Å². The number of aromatic nitrogens is 2. The second-order valence-electron chi connectivity index (χ2n) is 4.06. The highest BCUT2D eigenvalue weighted by atomic mass is 32.2. The molecule has 0 saturated heterocycles. The summed E-state index contributed by atoms with van der Waals surface area (Å²) in [4.78, 5) is 0. The molecule has 2 rings (SSSR count). The SMILES string of the molecule is CC/C=C/c1nnc(CSCCOc2ccccc2)o1. The van der Waals surface area contributed by atoms with E-state index in [-0.39, 0.29) is 0 Å². The number of rotatable bonds is 8. The van der Waals surface area contributed by atoms with Gasteiger partial charge in [0.2, 0.25) is 11.8 Å². The molecule has 4 nitrogen and oxygen atoms in total. The number of para-hydroxylation sites is 1. The first-order valence-corrected chi connectivity index (χ1v) is 7.78. The van der Waals surface area contributed by atoms with Crippen LogP contribution in [0.3, 0.4) is 0 Å². The molecule has 20 heavy (non-hydrogen) atoms. The second-order valence-corrected chi connectivity index (χ2v) is 5.16. The van der Waals surface area contributed by atoms with Gasteiger partial charge in [-0.05, 0) is 24.6 Å². The summed E-state index contributed by atoms with van der Waals surface area (Å²) >= 11 is 1.72. The maximum absolute atomic E-state index is 5.60. The molecule has 1 aromatic carbocycles. The van der Waals surface area contributed by atoms with Crippen LogP contribution in [0.5, 0.6) is 5.75 Å². The molecule has 0 saturated carbocycles. The summed E-state index contributed by atoms with van der Waals surface area (Å²) in [5.41, 5.74) is 0. The molecule has 0 aliphatic rings. The molecule has 0 fully saturated rings. The van der Waals surface area contributed by atoms with Gasteiger partial charge in [0.15, 0.2) is 0 Å². The quantitative estimate of drug-likeness (QED) is 0.692. The molecule has 2 aromatic rings. The molecule has 0 amide bonds. The van der Waals surface area contributed by atoms with E-state index < -0.39 is 0 Å². The van der Waals surface area contributed by atoms with Gasteiger partial charge in [-0.2, -0.15) is 0 Å². The highest BCUT2D eigenvalue weighted by Gasteiger charge is 2.03. The van der Waals surface area contributed by atoms with Gasteiger partial charge in [0.05, 0.1) is 12.4 Å². The van der Waals surface area contributed by atoms with E-state index in [1.54, 1.807) is 11.8 Å². The van der Waals surface area contributed by atoms with Crippen molar-refractivity contribution in [3.63, 3.8) is 0 Å². The predicted octanol–water partition coefficient (Wildman–Crippen LogP) is 3.81. The fraction of sp³-hybridized carbons (Fsp3) is 0.333. The maximum atomic E-state index is 5.60. The van der Waals surface area contributed by atoms with Crippen LogP contribution >= 0.6 is 11.8 Å². The Labute approximate surface area is 123 Å². The summed E-state index contributed by atoms with van der Waals surface area (Å²) in [6.07, 6.45) is 4.81. The second kappa shape index (κ2) is 8.43. The van der Waals surface area contributed by atoms with Gasteiger partial charge in [-0.1, -0.05) is 31.2 Å². The van der Waals surface area contributed by atoms with Crippen LogP contribution in [0.15, 0.2) is 40.8 Å². The molecule has 5 heteroatoms. The number of hydrogen-bond acceptors (Lipinski definition) is 5. The van der Waals surface area contributed by atoms with E-state index in [1.165, 1.54) is 0 Å². The van der Waals surface area contributed by atoms with Crippen LogP contribution in [-0.4, -0.2) is 22.6 Å². The zero-order valence-electron chi connectivity index (χ0n) is 11.5. The smallest absolute Gasteiger partial charge is 0.240 e. The Balaban J connectivity index is 1.63. The summed E-state index contributed by atoms with van der Waals surface area (Å²) in [6, 6.07) is 9.81. The molecule has 1 aromatic heterocycles. The van der Waals surface area contributed by atoms with Crippen molar-refractivity contribution in [3.8, 4) is 5.75 Å². The Morgan fingerprint density at radius 1 is 1.25 bits per heavy atom. The van der Waals surface area contributed by atoms with Crippen LogP contribution in [0.4, 0.5) is 0 Å². The molecule has 0 radical (unpaired) electrons. The van der Waals surface area contributed by atoms with E-state index in [1.807, 2.05) is 42.5 Å². The number of hydrogen-bond donors (Lipinski definition) is 0. The number of benzene rings is 1. The molecule has 0 N–H and O–H groups in total. The Morgan fingerprint density at radius 3 is 2.90 bits per heavy atom. The Bertz CT molecular complexity index is 526. The summed E-state index contributed by atoms with van der Waals surface area (Å²) in [6.45, 7) is 2.74. The van der Waals surface area contributed by atoms with Gasteiger partial charge in [-0.25, -0.2) is 0 Å². The first kappa shape index (κ1) is 14.7. The summed E-state index contributed by atoms with van der Waals surface area (Å²) in [7, 11) is 0. The van der Waals surface area contributed by atoms with Crippen molar-refractivity contribution in [1.82, 2.24) is 10.2 Å². The minimum Gasteiger partial charge on any atom is -0.493 e. The lowest BCUT2D eigenvalue weighted by Crippen LogP contribution is -2.00. The van der Waals surface area contributed by atoms with Crippen molar-refractivity contribution in [2.24, 2.45) is 0 Å². The highest BCUT2D eigenvalue weighted by molar-refractivity contribution is 7.98. The van der Waals surface area contributed by atoms with Crippen molar-refractivity contribution in [1.29, 1.82) is 0 Å². The summed E-state index contributed by atoms with van der Waals surface area (Å²) in [5.74, 6) is 3.73. The normalized spacial score (nSPS) is 11.1. The summed E-state index contributed by atoms with van der Waals surface area (Å²) in [5, 5.41) is 7.95. The third kappa shape index (κ3) is 5.09. The van der Waals surface area contributed by atoms with Crippen molar-refractivity contribution < 1.29 is 9.15 Å². The molecule has 0 atom stereocenters. The zero-order valence-corrected chi connectivity index (χ0v) is 12.3. The summed E-state index contributed by atoms with van der Waals surface area (Å²) < 4.78 is 11.1. The van der Waals surface area contributed by atoms with Crippen molar-refractivity contribution in [3.05, 3.63) is 48.2 Å². The lowest BCUT2D eigenvalue weighted by atomic mass is 10.3. The Morgan fingerprint density at radius 2 is 2.10 bits per heavy atom. The molecule has 1 heterocycles. The molecular weight excluding hydrogens is 272 g/mol. The van der Waals surface area contributed by atoms with Crippen molar-refractivity contribution in [2.75, 3.05) is 12.4 Å². The molecule has 0 bridgehead atoms. The molecule has 0 spiro atoms. The van der Waals surface area contributed by atoms with Crippen LogP contribution in [0.2, 0.25) is 0 Å². The molecular formula is C15H18N2O2S. The van der Waals surface area contributed by atoms with Crippen LogP contribution < -0.4 is 4.74 Å². The van der Waals surface area contributed by atoms with Gasteiger partial charge < -0.3 is 9.15 Å².